The maximum absolute atomic E-state index is 12.2. The fourth-order valence-electron chi connectivity index (χ4n) is 2.53. The quantitative estimate of drug-likeness (QED) is 0.271. The molecule has 0 fully saturated rings. The Hall–Kier alpha value is -1.08. The van der Waals surface area contributed by atoms with Crippen molar-refractivity contribution >= 4 is 34.8 Å². The number of benzene rings is 1. The monoisotopic (exact) mass is 488 g/mol. The van der Waals surface area contributed by atoms with Crippen molar-refractivity contribution in [1.29, 1.82) is 0 Å². The van der Waals surface area contributed by atoms with E-state index in [1.54, 1.807) is 6.08 Å². The van der Waals surface area contributed by atoms with Gasteiger partial charge in [0.1, 0.15) is 27.6 Å². The maximum Gasteiger partial charge on any atom is 0.426 e. The van der Waals surface area contributed by atoms with Gasteiger partial charge in [0.25, 0.3) is 0 Å². The number of unbranched alkanes of at least 4 members (excludes halogenated alkanes) is 1. The molecule has 1 aromatic carbocycles. The van der Waals surface area contributed by atoms with E-state index in [4.69, 9.17) is 49.0 Å². The second-order valence-electron chi connectivity index (χ2n) is 6.26. The van der Waals surface area contributed by atoms with E-state index in [0.29, 0.717) is 26.1 Å². The molecular formula is C21H26Cl3F3O3. The summed E-state index contributed by atoms with van der Waals surface area (Å²) in [5, 5.41) is -1.17. The van der Waals surface area contributed by atoms with Gasteiger partial charge in [-0.05, 0) is 61.1 Å². The van der Waals surface area contributed by atoms with Gasteiger partial charge in [-0.15, -0.1) is 0 Å². The zero-order chi connectivity index (χ0) is 22.6. The summed E-state index contributed by atoms with van der Waals surface area (Å²) in [5.74, 6) is 1.57. The number of ether oxygens (including phenoxy) is 3. The Kier molecular flexibility index (Phi) is 12.6. The van der Waals surface area contributed by atoms with Gasteiger partial charge in [0.15, 0.2) is 0 Å². The minimum absolute atomic E-state index is 0.157. The van der Waals surface area contributed by atoms with Crippen LogP contribution in [0.15, 0.2) is 33.8 Å². The van der Waals surface area contributed by atoms with E-state index in [-0.39, 0.29) is 17.7 Å². The van der Waals surface area contributed by atoms with Crippen LogP contribution in [0.1, 0.15) is 37.8 Å². The molecule has 0 saturated carbocycles. The van der Waals surface area contributed by atoms with Crippen LogP contribution in [0.5, 0.6) is 11.5 Å². The largest absolute Gasteiger partial charge is 0.493 e. The first-order chi connectivity index (χ1) is 14.2. The van der Waals surface area contributed by atoms with Gasteiger partial charge >= 0.3 is 6.18 Å². The summed E-state index contributed by atoms with van der Waals surface area (Å²) in [6.45, 7) is 4.98. The second kappa shape index (κ2) is 14.1. The number of alkyl halides is 3. The zero-order valence-electron chi connectivity index (χ0n) is 17.0. The van der Waals surface area contributed by atoms with Gasteiger partial charge in [-0.2, -0.15) is 13.2 Å². The van der Waals surface area contributed by atoms with Crippen LogP contribution in [0.25, 0.3) is 0 Å². The fourth-order valence-corrected chi connectivity index (χ4v) is 2.72. The van der Waals surface area contributed by atoms with E-state index in [9.17, 15) is 13.2 Å². The highest BCUT2D eigenvalue weighted by Gasteiger charge is 2.31. The molecule has 0 amide bonds. The predicted molar refractivity (Wildman–Crippen MR) is 116 cm³/mol. The van der Waals surface area contributed by atoms with Gasteiger partial charge in [0.05, 0.1) is 13.2 Å². The van der Waals surface area contributed by atoms with Gasteiger partial charge in [-0.1, -0.05) is 48.7 Å². The van der Waals surface area contributed by atoms with Crippen molar-refractivity contribution in [2.45, 2.75) is 45.7 Å². The van der Waals surface area contributed by atoms with Gasteiger partial charge in [-0.25, -0.2) is 0 Å². The van der Waals surface area contributed by atoms with E-state index >= 15 is 0 Å². The number of hydrogen-bond donors (Lipinski definition) is 0. The van der Waals surface area contributed by atoms with Crippen molar-refractivity contribution in [1.82, 2.24) is 0 Å². The average molecular weight is 490 g/mol. The van der Waals surface area contributed by atoms with E-state index in [0.717, 1.165) is 41.5 Å². The van der Waals surface area contributed by atoms with Gasteiger partial charge in [0, 0.05) is 6.61 Å². The molecule has 1 aromatic rings. The third kappa shape index (κ3) is 10.3. The molecule has 3 nitrogen and oxygen atoms in total. The van der Waals surface area contributed by atoms with Gasteiger partial charge < -0.3 is 14.2 Å². The lowest BCUT2D eigenvalue weighted by Crippen LogP contribution is -2.08. The summed E-state index contributed by atoms with van der Waals surface area (Å²) >= 11 is 16.3. The lowest BCUT2D eigenvalue weighted by atomic mass is 10.0. The standard InChI is InChI=1S/C21H26Cl3F3O3/c1-3-15-13-17(29-12-8-19(23)24)14-16(4-2)20(15)30-10-6-5-9-28-11-7-18(22)21(25,26)27/h7-8,13-14H,3-6,9-12H2,1-2H3/b18-7-. The van der Waals surface area contributed by atoms with Crippen LogP contribution in [0.2, 0.25) is 0 Å². The highest BCUT2D eigenvalue weighted by Crippen LogP contribution is 2.31. The first-order valence-corrected chi connectivity index (χ1v) is 10.8. The zero-order valence-corrected chi connectivity index (χ0v) is 19.2. The van der Waals surface area contributed by atoms with Crippen molar-refractivity contribution in [3.63, 3.8) is 0 Å². The van der Waals surface area contributed by atoms with Gasteiger partial charge in [-0.3, -0.25) is 0 Å². The normalized spacial score (nSPS) is 12.1. The van der Waals surface area contributed by atoms with E-state index in [1.165, 1.54) is 0 Å². The van der Waals surface area contributed by atoms with Crippen molar-refractivity contribution in [2.24, 2.45) is 0 Å². The van der Waals surface area contributed by atoms with Crippen LogP contribution >= 0.6 is 34.8 Å². The molecular weight excluding hydrogens is 464 g/mol. The van der Waals surface area contributed by atoms with Crippen LogP contribution in [-0.4, -0.2) is 32.6 Å². The van der Waals surface area contributed by atoms with Crippen molar-refractivity contribution in [2.75, 3.05) is 26.4 Å². The number of halogens is 6. The molecule has 30 heavy (non-hydrogen) atoms. The van der Waals surface area contributed by atoms with Crippen LogP contribution in [0.3, 0.4) is 0 Å². The summed E-state index contributed by atoms with van der Waals surface area (Å²) in [5.41, 5.74) is 2.07. The molecule has 9 heteroatoms. The molecule has 0 spiro atoms. The Bertz CT molecular complexity index is 690. The molecule has 0 radical (unpaired) electrons. The molecule has 0 N–H and O–H groups in total. The van der Waals surface area contributed by atoms with Crippen molar-refractivity contribution < 1.29 is 27.4 Å². The highest BCUT2D eigenvalue weighted by molar-refractivity contribution is 6.55. The van der Waals surface area contributed by atoms with E-state index in [2.05, 4.69) is 0 Å². The van der Waals surface area contributed by atoms with E-state index < -0.39 is 11.2 Å². The van der Waals surface area contributed by atoms with E-state index in [1.807, 2.05) is 26.0 Å². The highest BCUT2D eigenvalue weighted by atomic mass is 35.5. The first kappa shape index (κ1) is 27.0. The summed E-state index contributed by atoms with van der Waals surface area (Å²) in [4.78, 5) is 0. The van der Waals surface area contributed by atoms with Gasteiger partial charge in [0.2, 0.25) is 0 Å². The Labute approximate surface area is 190 Å². The smallest absolute Gasteiger partial charge is 0.426 e. The molecule has 0 heterocycles. The average Bonchev–Trinajstić information content (AvgIpc) is 2.68. The third-order valence-corrected chi connectivity index (χ3v) is 4.72. The Morgan fingerprint density at radius 1 is 0.900 bits per heavy atom. The summed E-state index contributed by atoms with van der Waals surface area (Å²) < 4.78 is 53.7. The van der Waals surface area contributed by atoms with Crippen LogP contribution < -0.4 is 9.47 Å². The number of aryl methyl sites for hydroxylation is 2. The molecule has 0 aliphatic heterocycles. The Balaban J connectivity index is 2.50. The van der Waals surface area contributed by atoms with Crippen LogP contribution in [-0.2, 0) is 17.6 Å². The fraction of sp³-hybridized carbons (Fsp3) is 0.524. The number of allylic oxidation sites excluding steroid dienone is 1. The lowest BCUT2D eigenvalue weighted by Gasteiger charge is -2.17. The topological polar surface area (TPSA) is 27.7 Å². The SMILES string of the molecule is CCc1cc(OCC=C(Cl)Cl)cc(CC)c1OCCCCOC/C=C(\Cl)C(F)(F)F. The molecule has 0 aliphatic carbocycles. The summed E-state index contributed by atoms with van der Waals surface area (Å²) in [6.07, 6.45) is 0.788. The minimum atomic E-state index is -4.53. The summed E-state index contributed by atoms with van der Waals surface area (Å²) in [7, 11) is 0. The van der Waals surface area contributed by atoms with Crippen LogP contribution in [0.4, 0.5) is 13.2 Å². The maximum atomic E-state index is 12.2. The molecule has 0 bridgehead atoms. The van der Waals surface area contributed by atoms with Crippen LogP contribution in [0, 0.1) is 0 Å². The third-order valence-electron chi connectivity index (χ3n) is 4.05. The predicted octanol–water partition coefficient (Wildman–Crippen LogP) is 7.37. The lowest BCUT2D eigenvalue weighted by molar-refractivity contribution is -0.0850. The molecule has 0 saturated heterocycles. The molecule has 1 rings (SSSR count). The van der Waals surface area contributed by atoms with Crippen molar-refractivity contribution in [3.8, 4) is 11.5 Å². The molecule has 0 aromatic heterocycles. The summed E-state index contributed by atoms with van der Waals surface area (Å²) in [6, 6.07) is 3.87. The van der Waals surface area contributed by atoms with Crippen molar-refractivity contribution in [3.05, 3.63) is 44.9 Å². The Morgan fingerprint density at radius 2 is 1.50 bits per heavy atom. The molecule has 0 aliphatic rings. The second-order valence-corrected chi connectivity index (χ2v) is 7.68. The minimum Gasteiger partial charge on any atom is -0.493 e. The molecule has 170 valence electrons. The first-order valence-electron chi connectivity index (χ1n) is 9.62. The molecule has 0 unspecified atom stereocenters. The number of rotatable bonds is 13. The molecule has 0 atom stereocenters. The number of hydrogen-bond acceptors (Lipinski definition) is 3. The Morgan fingerprint density at radius 3 is 2.03 bits per heavy atom.